The highest BCUT2D eigenvalue weighted by Crippen LogP contribution is 2.45. The van der Waals surface area contributed by atoms with Crippen LogP contribution in [0, 0.1) is 5.41 Å². The van der Waals surface area contributed by atoms with E-state index in [1.54, 1.807) is 6.92 Å². The van der Waals surface area contributed by atoms with Crippen molar-refractivity contribution < 1.29 is 23.1 Å². The number of carbonyl (C=O) groups is 1. The molecule has 0 aromatic heterocycles. The van der Waals surface area contributed by atoms with Crippen molar-refractivity contribution in [2.24, 2.45) is 5.41 Å². The molecule has 2 aliphatic heterocycles. The Kier molecular flexibility index (Phi) is 3.09. The van der Waals surface area contributed by atoms with E-state index >= 15 is 0 Å². The van der Waals surface area contributed by atoms with Gasteiger partial charge in [-0.2, -0.15) is 13.2 Å². The zero-order valence-corrected chi connectivity index (χ0v) is 10.2. The summed E-state index contributed by atoms with van der Waals surface area (Å²) in [6.07, 6.45) is -4.34. The average molecular weight is 266 g/mol. The van der Waals surface area contributed by atoms with Gasteiger partial charge in [-0.05, 0) is 19.4 Å². The average Bonchev–Trinajstić information content (AvgIpc) is 2.73. The Morgan fingerprint density at radius 3 is 2.44 bits per heavy atom. The molecule has 2 aliphatic rings. The van der Waals surface area contributed by atoms with Crippen molar-refractivity contribution in [2.45, 2.75) is 31.5 Å². The van der Waals surface area contributed by atoms with Crippen molar-refractivity contribution in [1.29, 1.82) is 0 Å². The second-order valence-corrected chi connectivity index (χ2v) is 5.25. The summed E-state index contributed by atoms with van der Waals surface area (Å²) in [5.41, 5.74) is -3.31. The quantitative estimate of drug-likeness (QED) is 0.766. The van der Waals surface area contributed by atoms with Crippen LogP contribution in [-0.4, -0.2) is 53.9 Å². The minimum atomic E-state index is -4.55. The minimum absolute atomic E-state index is 0.000162. The fourth-order valence-corrected chi connectivity index (χ4v) is 2.57. The fraction of sp³-hybridized carbons (Fsp3) is 0.909. The Labute approximate surface area is 103 Å². The summed E-state index contributed by atoms with van der Waals surface area (Å²) in [5, 5.41) is 12.4. The van der Waals surface area contributed by atoms with Gasteiger partial charge in [-0.25, -0.2) is 0 Å². The summed E-state index contributed by atoms with van der Waals surface area (Å²) in [7, 11) is 0. The van der Waals surface area contributed by atoms with Gasteiger partial charge >= 0.3 is 6.18 Å². The highest BCUT2D eigenvalue weighted by Gasteiger charge is 2.64. The zero-order valence-electron chi connectivity index (χ0n) is 10.2. The smallest absolute Gasteiger partial charge is 0.386 e. The monoisotopic (exact) mass is 266 g/mol. The number of nitrogens with zero attached hydrogens (tertiary/aromatic N) is 1. The molecule has 104 valence electrons. The molecule has 2 rings (SSSR count). The van der Waals surface area contributed by atoms with Crippen molar-refractivity contribution in [3.8, 4) is 0 Å². The van der Waals surface area contributed by atoms with Gasteiger partial charge in [0.1, 0.15) is 0 Å². The molecule has 0 aliphatic carbocycles. The topological polar surface area (TPSA) is 52.6 Å². The van der Waals surface area contributed by atoms with Crippen LogP contribution >= 0.6 is 0 Å². The van der Waals surface area contributed by atoms with Crippen LogP contribution in [0.3, 0.4) is 0 Å². The molecule has 7 heteroatoms. The van der Waals surface area contributed by atoms with E-state index in [0.717, 1.165) is 4.90 Å². The van der Waals surface area contributed by atoms with Gasteiger partial charge in [-0.15, -0.1) is 0 Å². The Morgan fingerprint density at radius 1 is 1.44 bits per heavy atom. The van der Waals surface area contributed by atoms with Crippen LogP contribution < -0.4 is 5.32 Å². The lowest BCUT2D eigenvalue weighted by Gasteiger charge is -2.49. The van der Waals surface area contributed by atoms with E-state index in [0.29, 0.717) is 6.42 Å². The molecule has 0 saturated carbocycles. The van der Waals surface area contributed by atoms with Crippen molar-refractivity contribution in [3.63, 3.8) is 0 Å². The molecular weight excluding hydrogens is 249 g/mol. The van der Waals surface area contributed by atoms with Crippen LogP contribution in [0.2, 0.25) is 0 Å². The predicted molar refractivity (Wildman–Crippen MR) is 57.8 cm³/mol. The number of rotatable bonds is 2. The summed E-state index contributed by atoms with van der Waals surface area (Å²) >= 11 is 0. The van der Waals surface area contributed by atoms with E-state index in [9.17, 15) is 23.1 Å². The predicted octanol–water partition coefficient (Wildman–Crippen LogP) is 0.512. The summed E-state index contributed by atoms with van der Waals surface area (Å²) in [6, 6.07) is 0. The van der Waals surface area contributed by atoms with Crippen molar-refractivity contribution in [3.05, 3.63) is 0 Å². The normalized spacial score (nSPS) is 31.3. The highest BCUT2D eigenvalue weighted by molar-refractivity contribution is 5.85. The molecule has 1 amide bonds. The van der Waals surface area contributed by atoms with Crippen molar-refractivity contribution in [2.75, 3.05) is 26.2 Å². The van der Waals surface area contributed by atoms with E-state index in [4.69, 9.17) is 0 Å². The molecule has 2 fully saturated rings. The lowest BCUT2D eigenvalue weighted by molar-refractivity contribution is -0.230. The number of hydrogen-bond donors (Lipinski definition) is 2. The number of carbonyl (C=O) groups excluding carboxylic acids is 1. The fourth-order valence-electron chi connectivity index (χ4n) is 2.57. The zero-order chi connectivity index (χ0) is 13.6. The van der Waals surface area contributed by atoms with Crippen molar-refractivity contribution in [1.82, 2.24) is 10.2 Å². The number of alkyl halides is 3. The summed E-state index contributed by atoms with van der Waals surface area (Å²) < 4.78 is 39.3. The number of aliphatic hydroxyl groups is 1. The molecule has 0 aromatic carbocycles. The van der Waals surface area contributed by atoms with Gasteiger partial charge in [0.05, 0.1) is 18.7 Å². The van der Waals surface area contributed by atoms with Gasteiger partial charge in [-0.1, -0.05) is 6.92 Å². The molecule has 2 heterocycles. The first kappa shape index (κ1) is 13.6. The lowest BCUT2D eigenvalue weighted by atomic mass is 9.81. The first-order valence-electron chi connectivity index (χ1n) is 6.03. The maximum Gasteiger partial charge on any atom is 0.404 e. The third-order valence-electron chi connectivity index (χ3n) is 4.02. The molecule has 2 N–H and O–H groups in total. The van der Waals surface area contributed by atoms with Gasteiger partial charge in [0.2, 0.25) is 5.91 Å². The van der Waals surface area contributed by atoms with E-state index in [1.165, 1.54) is 0 Å². The van der Waals surface area contributed by atoms with Crippen LogP contribution in [0.5, 0.6) is 0 Å². The van der Waals surface area contributed by atoms with Gasteiger partial charge in [-0.3, -0.25) is 4.79 Å². The third kappa shape index (κ3) is 1.89. The number of amides is 1. The Hall–Kier alpha value is -0.820. The third-order valence-corrected chi connectivity index (χ3v) is 4.02. The van der Waals surface area contributed by atoms with E-state index in [1.807, 2.05) is 0 Å². The van der Waals surface area contributed by atoms with Crippen molar-refractivity contribution >= 4 is 5.91 Å². The molecule has 2 saturated heterocycles. The molecule has 4 nitrogen and oxygen atoms in total. The van der Waals surface area contributed by atoms with Crippen LogP contribution in [0.1, 0.15) is 19.8 Å². The minimum Gasteiger partial charge on any atom is -0.386 e. The SMILES string of the molecule is CCC1(O)CN(C(=O)C2(C(F)(F)F)CCNC2)C1. The summed E-state index contributed by atoms with van der Waals surface area (Å²) in [4.78, 5) is 13.2. The molecule has 1 atom stereocenters. The van der Waals surface area contributed by atoms with Gasteiger partial charge in [0.25, 0.3) is 0 Å². The second kappa shape index (κ2) is 4.09. The first-order chi connectivity index (χ1) is 8.24. The first-order valence-corrected chi connectivity index (χ1v) is 6.03. The molecule has 1 unspecified atom stereocenters. The lowest BCUT2D eigenvalue weighted by Crippen LogP contribution is -2.67. The van der Waals surface area contributed by atoms with Crippen LogP contribution in [0.4, 0.5) is 13.2 Å². The van der Waals surface area contributed by atoms with E-state index < -0.39 is 23.1 Å². The highest BCUT2D eigenvalue weighted by atomic mass is 19.4. The second-order valence-electron chi connectivity index (χ2n) is 5.25. The summed E-state index contributed by atoms with van der Waals surface area (Å²) in [6.45, 7) is 1.58. The number of nitrogens with one attached hydrogen (secondary N) is 1. The van der Waals surface area contributed by atoms with Crippen LogP contribution in [0.15, 0.2) is 0 Å². The Morgan fingerprint density at radius 2 is 2.06 bits per heavy atom. The molecule has 0 aromatic rings. The Bertz CT molecular complexity index is 345. The van der Waals surface area contributed by atoms with E-state index in [2.05, 4.69) is 5.32 Å². The van der Waals surface area contributed by atoms with E-state index in [-0.39, 0.29) is 32.6 Å². The largest absolute Gasteiger partial charge is 0.404 e. The molecular formula is C11H17F3N2O2. The van der Waals surface area contributed by atoms with Crippen LogP contribution in [-0.2, 0) is 4.79 Å². The number of β-amino-alcohol motifs (C(OH)–C–C–N with tert-alkyl or cyclic N) is 1. The Balaban J connectivity index is 2.12. The summed E-state index contributed by atoms with van der Waals surface area (Å²) in [5.74, 6) is -0.905. The maximum atomic E-state index is 13.1. The number of halogens is 3. The van der Waals surface area contributed by atoms with Gasteiger partial charge in [0.15, 0.2) is 5.41 Å². The maximum absolute atomic E-state index is 13.1. The number of likely N-dealkylation sites (tertiary alicyclic amines) is 1. The molecule has 0 spiro atoms. The molecule has 0 radical (unpaired) electrons. The van der Waals surface area contributed by atoms with Crippen LogP contribution in [0.25, 0.3) is 0 Å². The van der Waals surface area contributed by atoms with Gasteiger partial charge < -0.3 is 15.3 Å². The molecule has 0 bridgehead atoms. The standard InChI is InChI=1S/C11H17F3N2O2/c1-2-9(18)6-16(7-9)8(17)10(11(12,13)14)3-4-15-5-10/h15,18H,2-7H2,1H3. The number of hydrogen-bond acceptors (Lipinski definition) is 3. The molecule has 18 heavy (non-hydrogen) atoms. The van der Waals surface area contributed by atoms with Gasteiger partial charge in [0, 0.05) is 6.54 Å².